The number of nitrogens with one attached hydrogen (secondary N) is 4. The highest BCUT2D eigenvalue weighted by Crippen LogP contribution is 2.30. The summed E-state index contributed by atoms with van der Waals surface area (Å²) in [5.41, 5.74) is 6.46. The average molecular weight is 535 g/mol. The largest absolute Gasteiger partial charge is 0.392 e. The monoisotopic (exact) mass is 534 g/mol. The van der Waals surface area contributed by atoms with E-state index >= 15 is 0 Å². The van der Waals surface area contributed by atoms with Crippen molar-refractivity contribution in [3.63, 3.8) is 0 Å². The van der Waals surface area contributed by atoms with Crippen molar-refractivity contribution in [1.82, 2.24) is 25.8 Å². The van der Waals surface area contributed by atoms with Crippen LogP contribution in [-0.2, 0) is 0 Å². The van der Waals surface area contributed by atoms with Crippen LogP contribution in [0.15, 0.2) is 68.6 Å². The Morgan fingerprint density at radius 1 is 1.03 bits per heavy atom. The lowest BCUT2D eigenvalue weighted by Gasteiger charge is -2.31. The molecule has 1 aromatic carbocycles. The Labute approximate surface area is 239 Å². The quantitative estimate of drug-likeness (QED) is 0.120. The second kappa shape index (κ2) is 18.3. The van der Waals surface area contributed by atoms with E-state index in [4.69, 9.17) is 0 Å². The standard InChI is InChI=1S/C33H54N6/c1-8-30(19-18-27(3)34-6)38(7)29(5)32-16-15-17-33(31(32)9-2)37-21-14-12-10-11-13-20-36-28(4)26-39-24-22-35-23-25-39/h8-9,15-17,30,34-37H,1-5,10-14,18-26H2,6-7H3. The number of hydrogen-bond donors (Lipinski definition) is 4. The summed E-state index contributed by atoms with van der Waals surface area (Å²) in [4.78, 5) is 4.67. The molecule has 1 heterocycles. The van der Waals surface area contributed by atoms with E-state index in [0.29, 0.717) is 0 Å². The predicted molar refractivity (Wildman–Crippen MR) is 173 cm³/mol. The van der Waals surface area contributed by atoms with E-state index in [1.807, 2.05) is 19.2 Å². The fourth-order valence-corrected chi connectivity index (χ4v) is 4.96. The maximum atomic E-state index is 4.43. The summed E-state index contributed by atoms with van der Waals surface area (Å²) < 4.78 is 0. The van der Waals surface area contributed by atoms with E-state index in [9.17, 15) is 0 Å². The van der Waals surface area contributed by atoms with Crippen molar-refractivity contribution < 1.29 is 0 Å². The number of anilines is 1. The molecule has 0 amide bonds. The Morgan fingerprint density at radius 3 is 2.38 bits per heavy atom. The summed E-state index contributed by atoms with van der Waals surface area (Å²) in [6, 6.07) is 6.53. The molecule has 1 fully saturated rings. The van der Waals surface area contributed by atoms with E-state index in [0.717, 1.165) is 99.0 Å². The third kappa shape index (κ3) is 11.4. The third-order valence-electron chi connectivity index (χ3n) is 7.58. The first-order valence-corrected chi connectivity index (χ1v) is 14.7. The number of hydrogen-bond acceptors (Lipinski definition) is 6. The van der Waals surface area contributed by atoms with Gasteiger partial charge in [-0.15, -0.1) is 6.58 Å². The van der Waals surface area contributed by atoms with E-state index in [2.05, 4.69) is 89.2 Å². The van der Waals surface area contributed by atoms with Gasteiger partial charge in [0.2, 0.25) is 0 Å². The average Bonchev–Trinajstić information content (AvgIpc) is 2.96. The lowest BCUT2D eigenvalue weighted by atomic mass is 10.00. The summed E-state index contributed by atoms with van der Waals surface area (Å²) in [5.74, 6) is 0. The predicted octanol–water partition coefficient (Wildman–Crippen LogP) is 5.67. The molecule has 39 heavy (non-hydrogen) atoms. The minimum atomic E-state index is 0.178. The summed E-state index contributed by atoms with van der Waals surface area (Å²) in [5, 5.41) is 13.7. The van der Waals surface area contributed by atoms with Crippen LogP contribution >= 0.6 is 0 Å². The summed E-state index contributed by atoms with van der Waals surface area (Å²) in [6.45, 7) is 28.2. The van der Waals surface area contributed by atoms with Gasteiger partial charge in [-0.25, -0.2) is 0 Å². The highest BCUT2D eigenvalue weighted by Gasteiger charge is 2.17. The molecule has 0 spiro atoms. The van der Waals surface area contributed by atoms with Crippen LogP contribution in [0.25, 0.3) is 11.8 Å². The zero-order chi connectivity index (χ0) is 28.5. The fourth-order valence-electron chi connectivity index (χ4n) is 4.96. The molecule has 0 radical (unpaired) electrons. The highest BCUT2D eigenvalue weighted by molar-refractivity contribution is 5.79. The molecule has 1 unspecified atom stereocenters. The molecule has 4 N–H and O–H groups in total. The van der Waals surface area contributed by atoms with Gasteiger partial charge in [-0.05, 0) is 31.7 Å². The zero-order valence-corrected chi connectivity index (χ0v) is 24.8. The molecule has 1 aromatic rings. The molecule has 1 aliphatic heterocycles. The minimum absolute atomic E-state index is 0.178. The molecule has 1 atom stereocenters. The lowest BCUT2D eigenvalue weighted by molar-refractivity contribution is 0.255. The molecule has 0 saturated carbocycles. The van der Waals surface area contributed by atoms with Crippen LogP contribution in [0.4, 0.5) is 5.69 Å². The SMILES string of the molecule is C=Cc1c(NCCCCCCCNC(=C)CN2CCNCC2)cccc1C(=C)N(C)C(C=C)CCC(=C)NC. The number of rotatable bonds is 21. The molecule has 6 nitrogen and oxygen atoms in total. The number of allylic oxidation sites excluding steroid dienone is 1. The fraction of sp³-hybridized carbons (Fsp3) is 0.515. The van der Waals surface area contributed by atoms with E-state index in [1.165, 1.54) is 25.7 Å². The summed E-state index contributed by atoms with van der Waals surface area (Å²) in [7, 11) is 4.00. The van der Waals surface area contributed by atoms with Crippen molar-refractivity contribution in [2.24, 2.45) is 0 Å². The van der Waals surface area contributed by atoms with Crippen molar-refractivity contribution in [3.05, 3.63) is 79.7 Å². The van der Waals surface area contributed by atoms with Crippen LogP contribution in [-0.4, -0.2) is 75.8 Å². The van der Waals surface area contributed by atoms with Crippen LogP contribution in [0.3, 0.4) is 0 Å². The molecule has 2 rings (SSSR count). The van der Waals surface area contributed by atoms with E-state index in [-0.39, 0.29) is 6.04 Å². The maximum Gasteiger partial charge on any atom is 0.0470 e. The Hall–Kier alpha value is -2.96. The first-order valence-electron chi connectivity index (χ1n) is 14.7. The molecule has 0 aromatic heterocycles. The molecular weight excluding hydrogens is 480 g/mol. The van der Waals surface area contributed by atoms with Crippen molar-refractivity contribution in [3.8, 4) is 0 Å². The topological polar surface area (TPSA) is 54.6 Å². The number of likely N-dealkylation sites (N-methyl/N-ethyl adjacent to an activating group) is 1. The first-order chi connectivity index (χ1) is 18.9. The van der Waals surface area contributed by atoms with E-state index in [1.54, 1.807) is 0 Å². The van der Waals surface area contributed by atoms with Crippen molar-refractivity contribution in [2.45, 2.75) is 51.0 Å². The smallest absolute Gasteiger partial charge is 0.0470 e. The Kier molecular flexibility index (Phi) is 15.2. The van der Waals surface area contributed by atoms with Gasteiger partial charge in [0.25, 0.3) is 0 Å². The van der Waals surface area contributed by atoms with Gasteiger partial charge in [-0.3, -0.25) is 4.90 Å². The molecule has 216 valence electrons. The molecule has 0 aliphatic carbocycles. The van der Waals surface area contributed by atoms with Gasteiger partial charge in [0.05, 0.1) is 0 Å². The van der Waals surface area contributed by atoms with Gasteiger partial charge in [-0.2, -0.15) is 0 Å². The second-order valence-electron chi connectivity index (χ2n) is 10.5. The normalized spacial score (nSPS) is 14.2. The van der Waals surface area contributed by atoms with Crippen LogP contribution in [0, 0.1) is 0 Å². The van der Waals surface area contributed by atoms with Crippen molar-refractivity contribution >= 4 is 17.5 Å². The van der Waals surface area contributed by atoms with Gasteiger partial charge in [0, 0.05) is 99.9 Å². The van der Waals surface area contributed by atoms with Gasteiger partial charge >= 0.3 is 0 Å². The summed E-state index contributed by atoms with van der Waals surface area (Å²) in [6.07, 6.45) is 11.8. The van der Waals surface area contributed by atoms with Crippen molar-refractivity contribution in [1.29, 1.82) is 0 Å². The molecular formula is C33H54N6. The van der Waals surface area contributed by atoms with Crippen LogP contribution in [0.2, 0.25) is 0 Å². The Balaban J connectivity index is 1.71. The molecule has 6 heteroatoms. The van der Waals surface area contributed by atoms with E-state index < -0.39 is 0 Å². The number of benzene rings is 1. The molecule has 1 saturated heterocycles. The second-order valence-corrected chi connectivity index (χ2v) is 10.5. The Morgan fingerprint density at radius 2 is 1.72 bits per heavy atom. The van der Waals surface area contributed by atoms with Crippen LogP contribution in [0.1, 0.15) is 56.1 Å². The Bertz CT molecular complexity index is 930. The molecule has 0 bridgehead atoms. The summed E-state index contributed by atoms with van der Waals surface area (Å²) >= 11 is 0. The van der Waals surface area contributed by atoms with Gasteiger partial charge in [0.15, 0.2) is 0 Å². The number of unbranched alkanes of at least 4 members (excludes halogenated alkanes) is 4. The third-order valence-corrected chi connectivity index (χ3v) is 7.58. The van der Waals surface area contributed by atoms with Crippen molar-refractivity contribution in [2.75, 3.05) is 65.2 Å². The van der Waals surface area contributed by atoms with Gasteiger partial charge < -0.3 is 26.2 Å². The van der Waals surface area contributed by atoms with Gasteiger partial charge in [-0.1, -0.05) is 69.9 Å². The van der Waals surface area contributed by atoms with Gasteiger partial charge in [0.1, 0.15) is 0 Å². The lowest BCUT2D eigenvalue weighted by Crippen LogP contribution is -2.45. The highest BCUT2D eigenvalue weighted by atomic mass is 15.2. The number of piperazine rings is 1. The maximum absolute atomic E-state index is 4.43. The first kappa shape index (κ1) is 32.3. The zero-order valence-electron chi connectivity index (χ0n) is 24.8. The number of nitrogens with zero attached hydrogens (tertiary/aromatic N) is 2. The molecule has 1 aliphatic rings. The van der Waals surface area contributed by atoms with Crippen LogP contribution < -0.4 is 21.3 Å². The van der Waals surface area contributed by atoms with Crippen LogP contribution in [0.5, 0.6) is 0 Å². The minimum Gasteiger partial charge on any atom is -0.392 e.